The van der Waals surface area contributed by atoms with E-state index in [1.165, 1.54) is 4.31 Å². The van der Waals surface area contributed by atoms with E-state index >= 15 is 0 Å². The van der Waals surface area contributed by atoms with E-state index < -0.39 is 10.0 Å². The molecule has 0 atom stereocenters. The van der Waals surface area contributed by atoms with Crippen LogP contribution in [0.15, 0.2) is 29.2 Å². The molecule has 0 spiro atoms. The number of piperidine rings is 1. The van der Waals surface area contributed by atoms with Gasteiger partial charge in [0.25, 0.3) is 0 Å². The quantitative estimate of drug-likeness (QED) is 0.884. The van der Waals surface area contributed by atoms with Gasteiger partial charge in [0.05, 0.1) is 4.90 Å². The number of sulfonamides is 1. The maximum Gasteiger partial charge on any atom is 0.242 e. The molecule has 21 heavy (non-hydrogen) atoms. The largest absolute Gasteiger partial charge is 0.330 e. The fourth-order valence-corrected chi connectivity index (χ4v) is 3.52. The summed E-state index contributed by atoms with van der Waals surface area (Å²) < 4.78 is 25.2. The zero-order valence-corrected chi connectivity index (χ0v) is 13.6. The summed E-state index contributed by atoms with van der Waals surface area (Å²) in [7, 11) is -0.239. The van der Waals surface area contributed by atoms with Crippen molar-refractivity contribution in [3.63, 3.8) is 0 Å². The van der Waals surface area contributed by atoms with Gasteiger partial charge in [-0.05, 0) is 56.1 Å². The summed E-state index contributed by atoms with van der Waals surface area (Å²) >= 11 is 0. The van der Waals surface area contributed by atoms with Crippen molar-refractivity contribution in [1.29, 1.82) is 0 Å². The molecule has 0 amide bonds. The number of hydrogen-bond acceptors (Lipinski definition) is 4. The van der Waals surface area contributed by atoms with Crippen molar-refractivity contribution in [2.45, 2.75) is 24.3 Å². The maximum absolute atomic E-state index is 12.0. The molecule has 0 radical (unpaired) electrons. The summed E-state index contributed by atoms with van der Waals surface area (Å²) in [5.41, 5.74) is 6.86. The average molecular weight is 311 g/mol. The van der Waals surface area contributed by atoms with Crippen LogP contribution < -0.4 is 5.73 Å². The molecule has 6 heteroatoms. The van der Waals surface area contributed by atoms with Gasteiger partial charge >= 0.3 is 0 Å². The van der Waals surface area contributed by atoms with Gasteiger partial charge in [0.15, 0.2) is 0 Å². The molecule has 0 unspecified atom stereocenters. The number of hydrogen-bond donors (Lipinski definition) is 1. The molecule has 0 aliphatic carbocycles. The van der Waals surface area contributed by atoms with Gasteiger partial charge in [-0.2, -0.15) is 0 Å². The third-order valence-electron chi connectivity index (χ3n) is 4.15. The second-order valence-corrected chi connectivity index (χ2v) is 8.04. The fourth-order valence-electron chi connectivity index (χ4n) is 2.62. The van der Waals surface area contributed by atoms with Crippen molar-refractivity contribution >= 4 is 10.0 Å². The van der Waals surface area contributed by atoms with Gasteiger partial charge in [0.2, 0.25) is 10.0 Å². The molecule has 0 saturated carbocycles. The highest BCUT2D eigenvalue weighted by atomic mass is 32.2. The number of nitrogens with zero attached hydrogens (tertiary/aromatic N) is 2. The van der Waals surface area contributed by atoms with Crippen molar-refractivity contribution in [3.05, 3.63) is 29.8 Å². The van der Waals surface area contributed by atoms with Crippen LogP contribution in [0.1, 0.15) is 18.4 Å². The molecule has 2 rings (SSSR count). The standard InChI is InChI=1S/C15H25N3O2S/c1-17(2)21(19,20)15-5-3-14(4-6-15)12-18-9-7-13(11-16)8-10-18/h3-6,13H,7-12,16H2,1-2H3. The van der Waals surface area contributed by atoms with E-state index in [1.54, 1.807) is 26.2 Å². The number of nitrogens with two attached hydrogens (primary N) is 1. The lowest BCUT2D eigenvalue weighted by atomic mass is 9.97. The maximum atomic E-state index is 12.0. The Hall–Kier alpha value is -0.950. The van der Waals surface area contributed by atoms with Crippen molar-refractivity contribution in [3.8, 4) is 0 Å². The summed E-state index contributed by atoms with van der Waals surface area (Å²) in [6, 6.07) is 7.20. The first-order chi connectivity index (χ1) is 9.93. The molecule has 1 aromatic rings. The lowest BCUT2D eigenvalue weighted by molar-refractivity contribution is 0.180. The van der Waals surface area contributed by atoms with E-state index in [4.69, 9.17) is 5.73 Å². The lowest BCUT2D eigenvalue weighted by Gasteiger charge is -2.31. The van der Waals surface area contributed by atoms with Gasteiger partial charge in [0, 0.05) is 20.6 Å². The Morgan fingerprint density at radius 2 is 1.76 bits per heavy atom. The monoisotopic (exact) mass is 311 g/mol. The molecular weight excluding hydrogens is 286 g/mol. The second kappa shape index (κ2) is 6.87. The molecule has 1 heterocycles. The Bertz CT molecular complexity index is 547. The minimum absolute atomic E-state index is 0.345. The zero-order valence-electron chi connectivity index (χ0n) is 12.8. The predicted octanol–water partition coefficient (Wildman–Crippen LogP) is 1.11. The van der Waals surface area contributed by atoms with E-state index in [2.05, 4.69) is 4.90 Å². The Kier molecular flexibility index (Phi) is 5.37. The first-order valence-electron chi connectivity index (χ1n) is 7.37. The third-order valence-corrected chi connectivity index (χ3v) is 5.98. The molecule has 0 aromatic heterocycles. The molecule has 0 bridgehead atoms. The number of likely N-dealkylation sites (tertiary alicyclic amines) is 1. The predicted molar refractivity (Wildman–Crippen MR) is 84.4 cm³/mol. The molecule has 1 saturated heterocycles. The Morgan fingerprint density at radius 1 is 1.19 bits per heavy atom. The SMILES string of the molecule is CN(C)S(=O)(=O)c1ccc(CN2CCC(CN)CC2)cc1. The van der Waals surface area contributed by atoms with Crippen LogP contribution in [0, 0.1) is 5.92 Å². The van der Waals surface area contributed by atoms with E-state index in [9.17, 15) is 8.42 Å². The highest BCUT2D eigenvalue weighted by molar-refractivity contribution is 7.89. The van der Waals surface area contributed by atoms with Crippen molar-refractivity contribution < 1.29 is 8.42 Å². The first kappa shape index (κ1) is 16.4. The van der Waals surface area contributed by atoms with E-state index in [1.807, 2.05) is 12.1 Å². The number of rotatable bonds is 5. The van der Waals surface area contributed by atoms with Crippen molar-refractivity contribution in [1.82, 2.24) is 9.21 Å². The molecule has 118 valence electrons. The van der Waals surface area contributed by atoms with Crippen LogP contribution in [0.5, 0.6) is 0 Å². The minimum atomic E-state index is -3.33. The summed E-state index contributed by atoms with van der Waals surface area (Å²) in [6.07, 6.45) is 2.31. The molecule has 5 nitrogen and oxygen atoms in total. The van der Waals surface area contributed by atoms with Gasteiger partial charge in [0.1, 0.15) is 0 Å². The van der Waals surface area contributed by atoms with Gasteiger partial charge in [-0.25, -0.2) is 12.7 Å². The van der Waals surface area contributed by atoms with Crippen molar-refractivity contribution in [2.24, 2.45) is 11.7 Å². The summed E-state index contributed by atoms with van der Waals surface area (Å²) in [6.45, 7) is 3.80. The second-order valence-electron chi connectivity index (χ2n) is 5.89. The molecule has 1 aromatic carbocycles. The van der Waals surface area contributed by atoms with E-state index in [0.717, 1.165) is 44.6 Å². The van der Waals surface area contributed by atoms with Crippen LogP contribution >= 0.6 is 0 Å². The minimum Gasteiger partial charge on any atom is -0.330 e. The van der Waals surface area contributed by atoms with Gasteiger partial charge in [-0.3, -0.25) is 4.90 Å². The topological polar surface area (TPSA) is 66.6 Å². The molecule has 1 aliphatic rings. The Labute approximate surface area is 127 Å². The fraction of sp³-hybridized carbons (Fsp3) is 0.600. The lowest BCUT2D eigenvalue weighted by Crippen LogP contribution is -2.35. The molecule has 2 N–H and O–H groups in total. The van der Waals surface area contributed by atoms with E-state index in [0.29, 0.717) is 10.8 Å². The Balaban J connectivity index is 1.97. The Morgan fingerprint density at radius 3 is 2.24 bits per heavy atom. The normalized spacial score (nSPS) is 18.3. The average Bonchev–Trinajstić information content (AvgIpc) is 2.48. The summed E-state index contributed by atoms with van der Waals surface area (Å²) in [5, 5.41) is 0. The highest BCUT2D eigenvalue weighted by Crippen LogP contribution is 2.19. The third kappa shape index (κ3) is 4.03. The van der Waals surface area contributed by atoms with Crippen molar-refractivity contribution in [2.75, 3.05) is 33.7 Å². The van der Waals surface area contributed by atoms with Gasteiger partial charge < -0.3 is 5.73 Å². The van der Waals surface area contributed by atoms with Crippen LogP contribution in [-0.4, -0.2) is 51.4 Å². The van der Waals surface area contributed by atoms with Gasteiger partial charge in [-0.1, -0.05) is 12.1 Å². The molecular formula is C15H25N3O2S. The number of benzene rings is 1. The zero-order chi connectivity index (χ0) is 15.5. The van der Waals surface area contributed by atoms with Gasteiger partial charge in [-0.15, -0.1) is 0 Å². The van der Waals surface area contributed by atoms with Crippen LogP contribution in [0.3, 0.4) is 0 Å². The first-order valence-corrected chi connectivity index (χ1v) is 8.81. The smallest absolute Gasteiger partial charge is 0.242 e. The van der Waals surface area contributed by atoms with Crippen LogP contribution in [0.2, 0.25) is 0 Å². The molecule has 1 aliphatic heterocycles. The summed E-state index contributed by atoms with van der Waals surface area (Å²) in [4.78, 5) is 2.75. The highest BCUT2D eigenvalue weighted by Gasteiger charge is 2.19. The molecule has 1 fully saturated rings. The summed E-state index contributed by atoms with van der Waals surface area (Å²) in [5.74, 6) is 0.661. The van der Waals surface area contributed by atoms with Crippen LogP contribution in [0.4, 0.5) is 0 Å². The van der Waals surface area contributed by atoms with Crippen LogP contribution in [0.25, 0.3) is 0 Å². The van der Waals surface area contributed by atoms with E-state index in [-0.39, 0.29) is 0 Å². The van der Waals surface area contributed by atoms with Crippen LogP contribution in [-0.2, 0) is 16.6 Å².